The van der Waals surface area contributed by atoms with Crippen LogP contribution in [0, 0.1) is 5.92 Å². The van der Waals surface area contributed by atoms with Gasteiger partial charge in [-0.2, -0.15) is 0 Å². The van der Waals surface area contributed by atoms with Gasteiger partial charge in [-0.05, 0) is 60.0 Å². The second kappa shape index (κ2) is 9.89. The minimum absolute atomic E-state index is 0.219. The van der Waals surface area contributed by atoms with Crippen LogP contribution in [-0.2, 0) is 14.4 Å². The van der Waals surface area contributed by atoms with Crippen molar-refractivity contribution in [3.63, 3.8) is 0 Å². The SMILES string of the molecule is CCCN(C(=O)C1CCN(c2ccccc2Br)C1=O)C(C)C(=O)Nc1ccccc1. The third-order valence-corrected chi connectivity index (χ3v) is 5.95. The summed E-state index contributed by atoms with van der Waals surface area (Å²) in [7, 11) is 0. The van der Waals surface area contributed by atoms with E-state index in [1.165, 1.54) is 4.90 Å². The number of nitrogens with one attached hydrogen (secondary N) is 1. The molecule has 0 aliphatic carbocycles. The molecule has 1 aliphatic heterocycles. The van der Waals surface area contributed by atoms with Crippen LogP contribution in [0.4, 0.5) is 11.4 Å². The molecule has 0 spiro atoms. The second-order valence-electron chi connectivity index (χ2n) is 7.35. The molecule has 1 fully saturated rings. The molecule has 0 saturated carbocycles. The summed E-state index contributed by atoms with van der Waals surface area (Å²) >= 11 is 3.48. The van der Waals surface area contributed by atoms with Crippen molar-refractivity contribution < 1.29 is 14.4 Å². The van der Waals surface area contributed by atoms with Gasteiger partial charge in [-0.3, -0.25) is 14.4 Å². The van der Waals surface area contributed by atoms with Crippen LogP contribution in [0.25, 0.3) is 0 Å². The molecule has 1 aliphatic rings. The van der Waals surface area contributed by atoms with Gasteiger partial charge in [0.25, 0.3) is 0 Å². The highest BCUT2D eigenvalue weighted by molar-refractivity contribution is 9.10. The minimum Gasteiger partial charge on any atom is -0.330 e. The number of carbonyl (C=O) groups is 3. The average molecular weight is 472 g/mol. The Bertz CT molecular complexity index is 919. The first-order valence-electron chi connectivity index (χ1n) is 10.2. The molecule has 0 radical (unpaired) electrons. The number of hydrogen-bond donors (Lipinski definition) is 1. The summed E-state index contributed by atoms with van der Waals surface area (Å²) in [6.45, 7) is 4.55. The van der Waals surface area contributed by atoms with E-state index in [1.807, 2.05) is 49.4 Å². The van der Waals surface area contributed by atoms with Gasteiger partial charge in [0, 0.05) is 23.2 Å². The molecule has 30 heavy (non-hydrogen) atoms. The number of carbonyl (C=O) groups excluding carboxylic acids is 3. The zero-order valence-electron chi connectivity index (χ0n) is 17.2. The Balaban J connectivity index is 1.74. The van der Waals surface area contributed by atoms with Crippen molar-refractivity contribution in [2.75, 3.05) is 23.3 Å². The zero-order chi connectivity index (χ0) is 21.7. The van der Waals surface area contributed by atoms with E-state index in [9.17, 15) is 14.4 Å². The van der Waals surface area contributed by atoms with Crippen molar-refractivity contribution in [3.8, 4) is 0 Å². The number of amides is 3. The number of hydrogen-bond acceptors (Lipinski definition) is 3. The molecule has 6 nitrogen and oxygen atoms in total. The van der Waals surface area contributed by atoms with Crippen molar-refractivity contribution >= 4 is 45.0 Å². The zero-order valence-corrected chi connectivity index (χ0v) is 18.8. The lowest BCUT2D eigenvalue weighted by molar-refractivity contribution is -0.144. The highest BCUT2D eigenvalue weighted by Crippen LogP contribution is 2.32. The van der Waals surface area contributed by atoms with Crippen LogP contribution in [0.1, 0.15) is 26.7 Å². The molecular formula is C23H26BrN3O3. The van der Waals surface area contributed by atoms with Gasteiger partial charge >= 0.3 is 0 Å². The molecule has 1 saturated heterocycles. The smallest absolute Gasteiger partial charge is 0.246 e. The topological polar surface area (TPSA) is 69.7 Å². The lowest BCUT2D eigenvalue weighted by atomic mass is 10.0. The van der Waals surface area contributed by atoms with E-state index in [1.54, 1.807) is 24.0 Å². The Morgan fingerprint density at radius 1 is 1.17 bits per heavy atom. The molecule has 1 N–H and O–H groups in total. The molecule has 0 bridgehead atoms. The van der Waals surface area contributed by atoms with Crippen molar-refractivity contribution in [2.24, 2.45) is 5.92 Å². The molecule has 158 valence electrons. The Morgan fingerprint density at radius 2 is 1.83 bits per heavy atom. The standard InChI is InChI=1S/C23H26BrN3O3/c1-3-14-26(16(2)21(28)25-17-9-5-4-6-10-17)22(29)18-13-15-27(23(18)30)20-12-8-7-11-19(20)24/h4-12,16,18H,3,13-15H2,1-2H3,(H,25,28). The predicted octanol–water partition coefficient (Wildman–Crippen LogP) is 4.07. The first-order chi connectivity index (χ1) is 14.4. The fraction of sp³-hybridized carbons (Fsp3) is 0.348. The Morgan fingerprint density at radius 3 is 2.50 bits per heavy atom. The number of nitrogens with zero attached hydrogens (tertiary/aromatic N) is 2. The number of benzene rings is 2. The van der Waals surface area contributed by atoms with Crippen LogP contribution in [0.3, 0.4) is 0 Å². The number of halogens is 1. The molecule has 1 heterocycles. The monoisotopic (exact) mass is 471 g/mol. The van der Waals surface area contributed by atoms with Crippen molar-refractivity contribution in [1.82, 2.24) is 4.90 Å². The normalized spacial score (nSPS) is 17.0. The third kappa shape index (κ3) is 4.73. The molecule has 3 amide bonds. The van der Waals surface area contributed by atoms with E-state index >= 15 is 0 Å². The summed E-state index contributed by atoms with van der Waals surface area (Å²) in [5.41, 5.74) is 1.44. The van der Waals surface area contributed by atoms with Crippen LogP contribution in [-0.4, -0.2) is 41.8 Å². The molecule has 2 unspecified atom stereocenters. The Hall–Kier alpha value is -2.67. The van der Waals surface area contributed by atoms with Gasteiger partial charge in [-0.1, -0.05) is 37.3 Å². The highest BCUT2D eigenvalue weighted by atomic mass is 79.9. The van der Waals surface area contributed by atoms with Crippen molar-refractivity contribution in [3.05, 3.63) is 59.1 Å². The highest BCUT2D eigenvalue weighted by Gasteiger charge is 2.41. The molecule has 3 rings (SSSR count). The summed E-state index contributed by atoms with van der Waals surface area (Å²) in [5.74, 6) is -1.54. The summed E-state index contributed by atoms with van der Waals surface area (Å²) in [6, 6.07) is 15.9. The largest absolute Gasteiger partial charge is 0.330 e. The second-order valence-corrected chi connectivity index (χ2v) is 8.20. The summed E-state index contributed by atoms with van der Waals surface area (Å²) in [5, 5.41) is 2.84. The van der Waals surface area contributed by atoms with E-state index in [4.69, 9.17) is 0 Å². The van der Waals surface area contributed by atoms with Gasteiger partial charge in [-0.15, -0.1) is 0 Å². The molecule has 7 heteroatoms. The van der Waals surface area contributed by atoms with Crippen molar-refractivity contribution in [1.29, 1.82) is 0 Å². The van der Waals surface area contributed by atoms with Crippen LogP contribution in [0.15, 0.2) is 59.1 Å². The van der Waals surface area contributed by atoms with E-state index in [-0.39, 0.29) is 17.7 Å². The maximum absolute atomic E-state index is 13.3. The summed E-state index contributed by atoms with van der Waals surface area (Å²) < 4.78 is 0.812. The van der Waals surface area contributed by atoms with Gasteiger partial charge in [0.15, 0.2) is 0 Å². The minimum atomic E-state index is -0.768. The van der Waals surface area contributed by atoms with E-state index in [0.717, 1.165) is 10.2 Å². The van der Waals surface area contributed by atoms with Crippen molar-refractivity contribution in [2.45, 2.75) is 32.7 Å². The van der Waals surface area contributed by atoms with Crippen LogP contribution in [0.2, 0.25) is 0 Å². The summed E-state index contributed by atoms with van der Waals surface area (Å²) in [4.78, 5) is 42.3. The van der Waals surface area contributed by atoms with E-state index in [0.29, 0.717) is 31.6 Å². The molecule has 2 aromatic rings. The average Bonchev–Trinajstić information content (AvgIpc) is 3.13. The maximum atomic E-state index is 13.3. The van der Waals surface area contributed by atoms with E-state index < -0.39 is 12.0 Å². The molecule has 0 aromatic heterocycles. The maximum Gasteiger partial charge on any atom is 0.246 e. The van der Waals surface area contributed by atoms with Gasteiger partial charge in [0.05, 0.1) is 5.69 Å². The fourth-order valence-corrected chi connectivity index (χ4v) is 4.16. The first-order valence-corrected chi connectivity index (χ1v) is 11.0. The molecule has 2 atom stereocenters. The van der Waals surface area contributed by atoms with Crippen LogP contribution < -0.4 is 10.2 Å². The van der Waals surface area contributed by atoms with Gasteiger partial charge in [0.1, 0.15) is 12.0 Å². The first kappa shape index (κ1) is 22.0. The Kier molecular flexibility index (Phi) is 7.26. The number of para-hydroxylation sites is 2. The Labute approximate surface area is 185 Å². The molecular weight excluding hydrogens is 446 g/mol. The van der Waals surface area contributed by atoms with Crippen LogP contribution in [0.5, 0.6) is 0 Å². The fourth-order valence-electron chi connectivity index (χ4n) is 3.66. The van der Waals surface area contributed by atoms with E-state index in [2.05, 4.69) is 21.2 Å². The van der Waals surface area contributed by atoms with Crippen LogP contribution >= 0.6 is 15.9 Å². The quantitative estimate of drug-likeness (QED) is 0.618. The molecule has 2 aromatic carbocycles. The lowest BCUT2D eigenvalue weighted by Crippen LogP contribution is -2.49. The van der Waals surface area contributed by atoms with Gasteiger partial charge in [-0.25, -0.2) is 0 Å². The summed E-state index contributed by atoms with van der Waals surface area (Å²) in [6.07, 6.45) is 1.13. The number of anilines is 2. The number of rotatable bonds is 7. The third-order valence-electron chi connectivity index (χ3n) is 5.28. The lowest BCUT2D eigenvalue weighted by Gasteiger charge is -2.30. The predicted molar refractivity (Wildman–Crippen MR) is 121 cm³/mol. The van der Waals surface area contributed by atoms with Gasteiger partial charge < -0.3 is 15.1 Å². The van der Waals surface area contributed by atoms with Gasteiger partial charge in [0.2, 0.25) is 17.7 Å².